The number of rotatable bonds is 3. The molecule has 0 bridgehead atoms. The van der Waals surface area contributed by atoms with Crippen LogP contribution in [-0.4, -0.2) is 0 Å². The normalized spacial score (nSPS) is 9.78. The molecule has 0 amide bonds. The van der Waals surface area contributed by atoms with Gasteiger partial charge in [-0.05, 0) is 30.3 Å². The van der Waals surface area contributed by atoms with Crippen LogP contribution in [0, 0.1) is 17.1 Å². The van der Waals surface area contributed by atoms with Crippen LogP contribution in [0.2, 0.25) is 0 Å². The van der Waals surface area contributed by atoms with Gasteiger partial charge in [0.25, 0.3) is 0 Å². The van der Waals surface area contributed by atoms with Crippen molar-refractivity contribution in [2.24, 2.45) is 0 Å². The molecule has 18 heavy (non-hydrogen) atoms. The molecule has 2 N–H and O–H groups in total. The van der Waals surface area contributed by atoms with E-state index in [-0.39, 0.29) is 6.61 Å². The summed E-state index contributed by atoms with van der Waals surface area (Å²) in [5, 5.41) is 8.75. The number of hydrogen-bond acceptors (Lipinski definition) is 3. The number of anilines is 1. The number of nitriles is 1. The van der Waals surface area contributed by atoms with Crippen LogP contribution >= 0.6 is 0 Å². The number of halogens is 1. The minimum absolute atomic E-state index is 0.0351. The first kappa shape index (κ1) is 11.9. The molecule has 0 unspecified atom stereocenters. The molecule has 3 nitrogen and oxygen atoms in total. The van der Waals surface area contributed by atoms with Crippen LogP contribution in [0.3, 0.4) is 0 Å². The van der Waals surface area contributed by atoms with Gasteiger partial charge in [-0.1, -0.05) is 12.1 Å². The summed E-state index contributed by atoms with van der Waals surface area (Å²) in [7, 11) is 0. The fourth-order valence-electron chi connectivity index (χ4n) is 1.54. The van der Waals surface area contributed by atoms with Gasteiger partial charge in [-0.15, -0.1) is 0 Å². The second-order valence-corrected chi connectivity index (χ2v) is 3.74. The molecule has 0 radical (unpaired) electrons. The van der Waals surface area contributed by atoms with Crippen LogP contribution in [0.4, 0.5) is 10.1 Å². The first-order valence-corrected chi connectivity index (χ1v) is 5.36. The second kappa shape index (κ2) is 5.19. The number of nitrogen functional groups attached to an aromatic ring is 1. The molecule has 0 saturated heterocycles. The molecule has 0 aliphatic carbocycles. The Kier molecular flexibility index (Phi) is 3.44. The smallest absolute Gasteiger partial charge is 0.131 e. The number of nitrogens with zero attached hydrogens (tertiary/aromatic N) is 1. The highest BCUT2D eigenvalue weighted by atomic mass is 19.1. The van der Waals surface area contributed by atoms with Crippen LogP contribution < -0.4 is 10.5 Å². The number of ether oxygens (including phenoxy) is 1. The minimum Gasteiger partial charge on any atom is -0.489 e. The third kappa shape index (κ3) is 2.58. The number of nitrogens with two attached hydrogens (primary N) is 1. The third-order valence-corrected chi connectivity index (χ3v) is 2.50. The Labute approximate surface area is 104 Å². The third-order valence-electron chi connectivity index (χ3n) is 2.50. The van der Waals surface area contributed by atoms with Crippen molar-refractivity contribution in [3.8, 4) is 11.8 Å². The molecule has 0 spiro atoms. The standard InChI is InChI=1S/C14H11FN2O/c15-13-5-2-6-14(17)12(13)9-18-11-4-1-3-10(7-11)8-16/h1-7H,9,17H2. The average molecular weight is 242 g/mol. The minimum atomic E-state index is -0.397. The molecule has 0 atom stereocenters. The van der Waals surface area contributed by atoms with E-state index in [0.29, 0.717) is 22.6 Å². The zero-order valence-electron chi connectivity index (χ0n) is 9.56. The number of hydrogen-bond donors (Lipinski definition) is 1. The van der Waals surface area contributed by atoms with Gasteiger partial charge < -0.3 is 10.5 Å². The van der Waals surface area contributed by atoms with Crippen molar-refractivity contribution in [2.45, 2.75) is 6.61 Å². The maximum Gasteiger partial charge on any atom is 0.131 e. The molecular formula is C14H11FN2O. The van der Waals surface area contributed by atoms with Crippen molar-refractivity contribution in [3.05, 3.63) is 59.4 Å². The van der Waals surface area contributed by atoms with Gasteiger partial charge in [0.15, 0.2) is 0 Å². The molecule has 4 heteroatoms. The second-order valence-electron chi connectivity index (χ2n) is 3.74. The average Bonchev–Trinajstić information content (AvgIpc) is 2.38. The summed E-state index contributed by atoms with van der Waals surface area (Å²) in [4.78, 5) is 0. The van der Waals surface area contributed by atoms with Gasteiger partial charge in [0.05, 0.1) is 11.6 Å². The summed E-state index contributed by atoms with van der Waals surface area (Å²) in [5.74, 6) is 0.114. The van der Waals surface area contributed by atoms with Crippen LogP contribution in [-0.2, 0) is 6.61 Å². The van der Waals surface area contributed by atoms with E-state index in [1.807, 2.05) is 6.07 Å². The number of benzene rings is 2. The molecule has 0 fully saturated rings. The quantitative estimate of drug-likeness (QED) is 0.842. The van der Waals surface area contributed by atoms with E-state index in [1.165, 1.54) is 6.07 Å². The van der Waals surface area contributed by atoms with Crippen LogP contribution in [0.15, 0.2) is 42.5 Å². The van der Waals surface area contributed by atoms with E-state index in [9.17, 15) is 4.39 Å². The Morgan fingerprint density at radius 2 is 2.00 bits per heavy atom. The molecular weight excluding hydrogens is 231 g/mol. The van der Waals surface area contributed by atoms with Gasteiger partial charge >= 0.3 is 0 Å². The van der Waals surface area contributed by atoms with Crippen LogP contribution in [0.1, 0.15) is 11.1 Å². The largest absolute Gasteiger partial charge is 0.489 e. The van der Waals surface area contributed by atoms with E-state index in [4.69, 9.17) is 15.7 Å². The summed E-state index contributed by atoms with van der Waals surface area (Å²) in [6, 6.07) is 13.2. The Morgan fingerprint density at radius 1 is 1.22 bits per heavy atom. The van der Waals surface area contributed by atoms with Gasteiger partial charge in [0.2, 0.25) is 0 Å². The summed E-state index contributed by atoms with van der Waals surface area (Å²) in [5.41, 5.74) is 6.84. The molecule has 2 aromatic carbocycles. The first-order chi connectivity index (χ1) is 8.70. The lowest BCUT2D eigenvalue weighted by atomic mass is 10.2. The molecule has 0 heterocycles. The lowest BCUT2D eigenvalue weighted by Crippen LogP contribution is -2.03. The summed E-state index contributed by atoms with van der Waals surface area (Å²) >= 11 is 0. The maximum atomic E-state index is 13.5. The molecule has 0 aromatic heterocycles. The van der Waals surface area contributed by atoms with E-state index < -0.39 is 5.82 Å². The Hall–Kier alpha value is -2.54. The lowest BCUT2D eigenvalue weighted by molar-refractivity contribution is 0.300. The predicted octanol–water partition coefficient (Wildman–Crippen LogP) is 2.86. The highest BCUT2D eigenvalue weighted by molar-refractivity contribution is 5.47. The van der Waals surface area contributed by atoms with Crippen LogP contribution in [0.5, 0.6) is 5.75 Å². The predicted molar refractivity (Wildman–Crippen MR) is 66.3 cm³/mol. The molecule has 2 rings (SSSR count). The fourth-order valence-corrected chi connectivity index (χ4v) is 1.54. The van der Waals surface area contributed by atoms with Gasteiger partial charge in [0.1, 0.15) is 18.2 Å². The Bertz CT molecular complexity index is 585. The highest BCUT2D eigenvalue weighted by Gasteiger charge is 2.06. The highest BCUT2D eigenvalue weighted by Crippen LogP contribution is 2.19. The first-order valence-electron chi connectivity index (χ1n) is 5.36. The van der Waals surface area contributed by atoms with Crippen molar-refractivity contribution in [2.75, 3.05) is 5.73 Å². The van der Waals surface area contributed by atoms with Crippen molar-refractivity contribution in [1.82, 2.24) is 0 Å². The Balaban J connectivity index is 2.14. The maximum absolute atomic E-state index is 13.5. The molecule has 2 aromatic rings. The van der Waals surface area contributed by atoms with E-state index >= 15 is 0 Å². The van der Waals surface area contributed by atoms with Crippen molar-refractivity contribution < 1.29 is 9.13 Å². The van der Waals surface area contributed by atoms with Gasteiger partial charge in [-0.25, -0.2) is 4.39 Å². The molecule has 0 aliphatic heterocycles. The summed E-state index contributed by atoms with van der Waals surface area (Å²) in [6.45, 7) is 0.0351. The molecule has 0 aliphatic rings. The topological polar surface area (TPSA) is 59.0 Å². The fraction of sp³-hybridized carbons (Fsp3) is 0.0714. The van der Waals surface area contributed by atoms with Crippen molar-refractivity contribution in [1.29, 1.82) is 5.26 Å². The van der Waals surface area contributed by atoms with Gasteiger partial charge in [-0.2, -0.15) is 5.26 Å². The van der Waals surface area contributed by atoms with Gasteiger partial charge in [-0.3, -0.25) is 0 Å². The SMILES string of the molecule is N#Cc1cccc(OCc2c(N)cccc2F)c1. The van der Waals surface area contributed by atoms with Crippen molar-refractivity contribution in [3.63, 3.8) is 0 Å². The monoisotopic (exact) mass is 242 g/mol. The van der Waals surface area contributed by atoms with Crippen LogP contribution in [0.25, 0.3) is 0 Å². The van der Waals surface area contributed by atoms with E-state index in [1.54, 1.807) is 36.4 Å². The van der Waals surface area contributed by atoms with E-state index in [0.717, 1.165) is 0 Å². The van der Waals surface area contributed by atoms with E-state index in [2.05, 4.69) is 0 Å². The molecule has 90 valence electrons. The summed E-state index contributed by atoms with van der Waals surface area (Å²) in [6.07, 6.45) is 0. The molecule has 0 saturated carbocycles. The zero-order valence-corrected chi connectivity index (χ0v) is 9.56. The van der Waals surface area contributed by atoms with Crippen molar-refractivity contribution >= 4 is 5.69 Å². The lowest BCUT2D eigenvalue weighted by Gasteiger charge is -2.09. The Morgan fingerprint density at radius 3 is 2.72 bits per heavy atom. The summed E-state index contributed by atoms with van der Waals surface area (Å²) < 4.78 is 18.9. The van der Waals surface area contributed by atoms with Gasteiger partial charge in [0, 0.05) is 11.3 Å². The zero-order chi connectivity index (χ0) is 13.0.